The third-order valence-corrected chi connectivity index (χ3v) is 4.66. The molecule has 0 radical (unpaired) electrons. The monoisotopic (exact) mass is 311 g/mol. The first-order chi connectivity index (χ1) is 9.25. The SMILES string of the molecule is O=S(=O)(c1ccc(CO)o1)N1CC=C(C(F)(F)F)CC1. The average Bonchev–Trinajstić information content (AvgIpc) is 2.87. The second-order valence-electron chi connectivity index (χ2n) is 4.22. The molecule has 2 rings (SSSR count). The number of hydrogen-bond donors (Lipinski definition) is 1. The summed E-state index contributed by atoms with van der Waals surface area (Å²) in [6, 6.07) is 2.47. The largest absolute Gasteiger partial charge is 0.446 e. The molecule has 0 fully saturated rings. The lowest BCUT2D eigenvalue weighted by atomic mass is 10.1. The van der Waals surface area contributed by atoms with Crippen molar-refractivity contribution in [2.24, 2.45) is 0 Å². The van der Waals surface area contributed by atoms with Gasteiger partial charge in [-0.2, -0.15) is 17.5 Å². The van der Waals surface area contributed by atoms with Crippen LogP contribution >= 0.6 is 0 Å². The fourth-order valence-corrected chi connectivity index (χ4v) is 3.14. The molecule has 1 aliphatic rings. The average molecular weight is 311 g/mol. The van der Waals surface area contributed by atoms with Crippen LogP contribution in [-0.2, 0) is 16.6 Å². The lowest BCUT2D eigenvalue weighted by Gasteiger charge is -2.25. The number of rotatable bonds is 3. The van der Waals surface area contributed by atoms with Crippen LogP contribution in [0.3, 0.4) is 0 Å². The van der Waals surface area contributed by atoms with Gasteiger partial charge in [0.15, 0.2) is 0 Å². The molecule has 1 N–H and O–H groups in total. The number of aliphatic hydroxyl groups is 1. The molecule has 0 spiro atoms. The van der Waals surface area contributed by atoms with E-state index >= 15 is 0 Å². The van der Waals surface area contributed by atoms with Crippen molar-refractivity contribution in [2.75, 3.05) is 13.1 Å². The van der Waals surface area contributed by atoms with Crippen molar-refractivity contribution in [1.82, 2.24) is 4.31 Å². The molecule has 5 nitrogen and oxygen atoms in total. The summed E-state index contributed by atoms with van der Waals surface area (Å²) in [5.74, 6) is 0.0760. The van der Waals surface area contributed by atoms with E-state index in [0.717, 1.165) is 10.4 Å². The topological polar surface area (TPSA) is 70.8 Å². The smallest absolute Gasteiger partial charge is 0.412 e. The number of hydrogen-bond acceptors (Lipinski definition) is 4. The summed E-state index contributed by atoms with van der Waals surface area (Å²) in [5, 5.41) is 8.43. The Kier molecular flexibility index (Phi) is 3.94. The number of aliphatic hydroxyl groups excluding tert-OH is 1. The Morgan fingerprint density at radius 3 is 2.50 bits per heavy atom. The fourth-order valence-electron chi connectivity index (χ4n) is 1.84. The standard InChI is InChI=1S/C11H12F3NO4S/c12-11(13,14)8-3-5-15(6-4-8)20(17,18)10-2-1-9(7-16)19-10/h1-3,16H,4-7H2. The first-order valence-electron chi connectivity index (χ1n) is 5.71. The number of furan rings is 1. The van der Waals surface area contributed by atoms with Crippen LogP contribution in [0.15, 0.2) is 33.3 Å². The van der Waals surface area contributed by atoms with Crippen molar-refractivity contribution in [1.29, 1.82) is 0 Å². The van der Waals surface area contributed by atoms with Gasteiger partial charge in [-0.25, -0.2) is 8.42 Å². The molecular weight excluding hydrogens is 299 g/mol. The predicted octanol–water partition coefficient (Wildman–Crippen LogP) is 1.66. The second kappa shape index (κ2) is 5.23. The minimum absolute atomic E-state index is 0.0760. The molecule has 0 amide bonds. The molecule has 2 heterocycles. The Morgan fingerprint density at radius 2 is 2.05 bits per heavy atom. The molecule has 0 saturated carbocycles. The van der Waals surface area contributed by atoms with Crippen molar-refractivity contribution in [3.8, 4) is 0 Å². The fraction of sp³-hybridized carbons (Fsp3) is 0.455. The van der Waals surface area contributed by atoms with Gasteiger partial charge in [-0.05, 0) is 18.6 Å². The van der Waals surface area contributed by atoms with Crippen LogP contribution in [0.5, 0.6) is 0 Å². The maximum Gasteiger partial charge on any atom is 0.412 e. The summed E-state index contributed by atoms with van der Waals surface area (Å²) >= 11 is 0. The van der Waals surface area contributed by atoms with Crippen molar-refractivity contribution in [3.05, 3.63) is 29.5 Å². The van der Waals surface area contributed by atoms with Gasteiger partial charge in [-0.3, -0.25) is 0 Å². The zero-order valence-corrected chi connectivity index (χ0v) is 11.0. The van der Waals surface area contributed by atoms with Crippen LogP contribution in [0.1, 0.15) is 12.2 Å². The maximum absolute atomic E-state index is 12.5. The quantitative estimate of drug-likeness (QED) is 0.862. The Labute approximate surface area is 113 Å². The molecule has 0 unspecified atom stereocenters. The molecule has 0 aliphatic carbocycles. The minimum Gasteiger partial charge on any atom is -0.446 e. The van der Waals surface area contributed by atoms with Gasteiger partial charge >= 0.3 is 6.18 Å². The molecule has 9 heteroatoms. The van der Waals surface area contributed by atoms with Crippen molar-refractivity contribution in [2.45, 2.75) is 24.3 Å². The van der Waals surface area contributed by atoms with Crippen LogP contribution < -0.4 is 0 Å². The van der Waals surface area contributed by atoms with Crippen LogP contribution in [-0.4, -0.2) is 37.1 Å². The number of alkyl halides is 3. The number of halogens is 3. The van der Waals surface area contributed by atoms with Gasteiger partial charge in [0.05, 0.1) is 0 Å². The highest BCUT2D eigenvalue weighted by Crippen LogP contribution is 2.31. The Balaban J connectivity index is 2.19. The zero-order chi connectivity index (χ0) is 15.0. The van der Waals surface area contributed by atoms with Gasteiger partial charge in [0.1, 0.15) is 12.4 Å². The van der Waals surface area contributed by atoms with Crippen LogP contribution in [0.4, 0.5) is 13.2 Å². The summed E-state index contributed by atoms with van der Waals surface area (Å²) in [7, 11) is -3.98. The summed E-state index contributed by atoms with van der Waals surface area (Å²) in [6.45, 7) is -1.07. The van der Waals surface area contributed by atoms with Crippen molar-refractivity contribution >= 4 is 10.0 Å². The van der Waals surface area contributed by atoms with E-state index in [1.165, 1.54) is 12.1 Å². The molecule has 0 bridgehead atoms. The maximum atomic E-state index is 12.5. The van der Waals surface area contributed by atoms with Crippen molar-refractivity contribution in [3.63, 3.8) is 0 Å². The number of nitrogens with zero attached hydrogens (tertiary/aromatic N) is 1. The lowest BCUT2D eigenvalue weighted by Crippen LogP contribution is -2.36. The van der Waals surface area contributed by atoms with Gasteiger partial charge in [0.25, 0.3) is 10.0 Å². The van der Waals surface area contributed by atoms with E-state index < -0.39 is 34.8 Å². The molecule has 1 aliphatic heterocycles. The molecule has 0 atom stereocenters. The number of sulfonamides is 1. The Morgan fingerprint density at radius 1 is 1.35 bits per heavy atom. The molecular formula is C11H12F3NO4S. The van der Waals surface area contributed by atoms with Gasteiger partial charge in [-0.15, -0.1) is 0 Å². The predicted molar refractivity (Wildman–Crippen MR) is 62.1 cm³/mol. The molecule has 112 valence electrons. The highest BCUT2D eigenvalue weighted by Gasteiger charge is 2.37. The van der Waals surface area contributed by atoms with Gasteiger partial charge in [0, 0.05) is 18.7 Å². The lowest BCUT2D eigenvalue weighted by molar-refractivity contribution is -0.0953. The van der Waals surface area contributed by atoms with Crippen LogP contribution in [0, 0.1) is 0 Å². The van der Waals surface area contributed by atoms with Gasteiger partial charge in [-0.1, -0.05) is 6.08 Å². The third kappa shape index (κ3) is 2.89. The summed E-state index contributed by atoms with van der Waals surface area (Å²) in [6.07, 6.45) is -3.96. The molecule has 20 heavy (non-hydrogen) atoms. The van der Waals surface area contributed by atoms with Crippen molar-refractivity contribution < 1.29 is 31.1 Å². The van der Waals surface area contributed by atoms with E-state index in [9.17, 15) is 21.6 Å². The molecule has 0 aromatic carbocycles. The summed E-state index contributed by atoms with van der Waals surface area (Å²) in [4.78, 5) is 0. The molecule has 1 aromatic rings. The first-order valence-corrected chi connectivity index (χ1v) is 7.15. The summed E-state index contributed by atoms with van der Waals surface area (Å²) in [5.41, 5.74) is -0.723. The summed E-state index contributed by atoms with van der Waals surface area (Å²) < 4.78 is 67.4. The van der Waals surface area contributed by atoms with E-state index in [2.05, 4.69) is 0 Å². The molecule has 0 saturated heterocycles. The minimum atomic E-state index is -4.43. The van der Waals surface area contributed by atoms with Crippen LogP contribution in [0.25, 0.3) is 0 Å². The second-order valence-corrected chi connectivity index (χ2v) is 6.09. The van der Waals surface area contributed by atoms with E-state index in [1.807, 2.05) is 0 Å². The first kappa shape index (κ1) is 15.1. The zero-order valence-electron chi connectivity index (χ0n) is 10.2. The molecule has 1 aromatic heterocycles. The van der Waals surface area contributed by atoms with E-state index in [0.29, 0.717) is 0 Å². The Hall–Kier alpha value is -1.32. The van der Waals surface area contributed by atoms with E-state index in [4.69, 9.17) is 9.52 Å². The third-order valence-electron chi connectivity index (χ3n) is 2.92. The van der Waals surface area contributed by atoms with E-state index in [1.54, 1.807) is 0 Å². The Bertz CT molecular complexity index is 618. The van der Waals surface area contributed by atoms with Gasteiger partial charge in [0.2, 0.25) is 5.09 Å². The van der Waals surface area contributed by atoms with E-state index in [-0.39, 0.29) is 23.9 Å². The highest BCUT2D eigenvalue weighted by atomic mass is 32.2. The highest BCUT2D eigenvalue weighted by molar-refractivity contribution is 7.89. The normalized spacial score (nSPS) is 18.1. The van der Waals surface area contributed by atoms with Gasteiger partial charge < -0.3 is 9.52 Å². The van der Waals surface area contributed by atoms with Crippen LogP contribution in [0.2, 0.25) is 0 Å².